The number of allylic oxidation sites excluding steroid dienone is 1. The van der Waals surface area contributed by atoms with Gasteiger partial charge in [0.2, 0.25) is 0 Å². The highest BCUT2D eigenvalue weighted by molar-refractivity contribution is 6.06. The Morgan fingerprint density at radius 2 is 1.48 bits per heavy atom. The van der Waals surface area contributed by atoms with E-state index in [0.29, 0.717) is 16.9 Å². The van der Waals surface area contributed by atoms with E-state index in [0.717, 1.165) is 31.2 Å². The Morgan fingerprint density at radius 3 is 2.10 bits per heavy atom. The van der Waals surface area contributed by atoms with Crippen LogP contribution < -0.4 is 4.74 Å². The molecule has 5 nitrogen and oxygen atoms in total. The van der Waals surface area contributed by atoms with Gasteiger partial charge in [-0.1, -0.05) is 37.5 Å². The van der Waals surface area contributed by atoms with Gasteiger partial charge in [-0.05, 0) is 60.9 Å². The predicted octanol–water partition coefficient (Wildman–Crippen LogP) is 4.86. The summed E-state index contributed by atoms with van der Waals surface area (Å²) in [4.78, 5) is 36.0. The highest BCUT2D eigenvalue weighted by Gasteiger charge is 2.22. The van der Waals surface area contributed by atoms with Gasteiger partial charge in [0, 0.05) is 5.56 Å². The molecule has 1 aliphatic carbocycles. The van der Waals surface area contributed by atoms with Gasteiger partial charge in [-0.3, -0.25) is 9.59 Å². The molecular weight excluding hydrogens is 368 g/mol. The van der Waals surface area contributed by atoms with Gasteiger partial charge in [-0.15, -0.1) is 0 Å². The van der Waals surface area contributed by atoms with E-state index in [1.165, 1.54) is 19.6 Å². The first-order valence-corrected chi connectivity index (χ1v) is 9.79. The van der Waals surface area contributed by atoms with Crippen LogP contribution in [0.5, 0.6) is 5.75 Å². The number of hydrogen-bond donors (Lipinski definition) is 0. The highest BCUT2D eigenvalue weighted by Crippen LogP contribution is 2.25. The third-order valence-corrected chi connectivity index (χ3v) is 5.05. The average molecular weight is 392 g/mol. The lowest BCUT2D eigenvalue weighted by molar-refractivity contribution is -0.139. The van der Waals surface area contributed by atoms with E-state index >= 15 is 0 Å². The minimum atomic E-state index is -0.402. The standard InChI is InChI=1S/C24H24O5/c1-28-23(26)20-10-7-17(8-11-20)9-16-22(25)18-12-14-21(15-13-18)29-24(27)19-5-3-2-4-6-19/h7-16,19H,2-6H2,1H3/b16-9+. The van der Waals surface area contributed by atoms with Crippen LogP contribution >= 0.6 is 0 Å². The van der Waals surface area contributed by atoms with Crippen molar-refractivity contribution < 1.29 is 23.9 Å². The Hall–Kier alpha value is -3.21. The van der Waals surface area contributed by atoms with E-state index in [1.54, 1.807) is 54.6 Å². The number of ketones is 1. The van der Waals surface area contributed by atoms with Crippen LogP contribution in [0.3, 0.4) is 0 Å². The Morgan fingerprint density at radius 1 is 0.862 bits per heavy atom. The molecule has 0 bridgehead atoms. The first-order valence-electron chi connectivity index (χ1n) is 9.79. The molecule has 0 atom stereocenters. The van der Waals surface area contributed by atoms with Gasteiger partial charge in [-0.2, -0.15) is 0 Å². The molecule has 0 heterocycles. The average Bonchev–Trinajstić information content (AvgIpc) is 2.78. The van der Waals surface area contributed by atoms with E-state index < -0.39 is 5.97 Å². The van der Waals surface area contributed by atoms with Crippen molar-refractivity contribution in [3.8, 4) is 5.75 Å². The van der Waals surface area contributed by atoms with E-state index in [4.69, 9.17) is 4.74 Å². The fourth-order valence-corrected chi connectivity index (χ4v) is 3.34. The number of hydrogen-bond acceptors (Lipinski definition) is 5. The summed E-state index contributed by atoms with van der Waals surface area (Å²) in [7, 11) is 1.33. The summed E-state index contributed by atoms with van der Waals surface area (Å²) in [6.07, 6.45) is 8.26. The van der Waals surface area contributed by atoms with Crippen LogP contribution in [0.2, 0.25) is 0 Å². The zero-order valence-corrected chi connectivity index (χ0v) is 16.4. The molecule has 5 heteroatoms. The smallest absolute Gasteiger partial charge is 0.337 e. The van der Waals surface area contributed by atoms with Crippen LogP contribution in [0.1, 0.15) is 58.4 Å². The van der Waals surface area contributed by atoms with Crippen molar-refractivity contribution in [3.63, 3.8) is 0 Å². The lowest BCUT2D eigenvalue weighted by atomic mass is 9.89. The van der Waals surface area contributed by atoms with Crippen LogP contribution in [0.25, 0.3) is 6.08 Å². The van der Waals surface area contributed by atoms with Crippen LogP contribution in [0.15, 0.2) is 54.6 Å². The molecule has 0 saturated heterocycles. The van der Waals surface area contributed by atoms with Gasteiger partial charge >= 0.3 is 11.9 Å². The number of rotatable bonds is 6. The third kappa shape index (κ3) is 5.64. The molecule has 0 amide bonds. The van der Waals surface area contributed by atoms with Gasteiger partial charge < -0.3 is 9.47 Å². The summed E-state index contributed by atoms with van der Waals surface area (Å²) >= 11 is 0. The number of ether oxygens (including phenoxy) is 2. The molecule has 0 aromatic heterocycles. The summed E-state index contributed by atoms with van der Waals surface area (Å²) in [5.74, 6) is -0.301. The molecule has 2 aromatic carbocycles. The topological polar surface area (TPSA) is 69.7 Å². The van der Waals surface area contributed by atoms with Crippen molar-refractivity contribution in [2.24, 2.45) is 5.92 Å². The second-order valence-electron chi connectivity index (χ2n) is 7.09. The van der Waals surface area contributed by atoms with Gasteiger partial charge in [0.1, 0.15) is 5.75 Å². The van der Waals surface area contributed by atoms with Crippen LogP contribution in [0.4, 0.5) is 0 Å². The summed E-state index contributed by atoms with van der Waals surface area (Å²) < 4.78 is 10.1. The Bertz CT molecular complexity index is 888. The van der Waals surface area contributed by atoms with Gasteiger partial charge in [-0.25, -0.2) is 4.79 Å². The normalized spacial score (nSPS) is 14.5. The zero-order chi connectivity index (χ0) is 20.6. The molecular formula is C24H24O5. The Balaban J connectivity index is 1.57. The lowest BCUT2D eigenvalue weighted by Gasteiger charge is -2.19. The van der Waals surface area contributed by atoms with Crippen molar-refractivity contribution in [1.82, 2.24) is 0 Å². The molecule has 0 N–H and O–H groups in total. The van der Waals surface area contributed by atoms with Gasteiger partial charge in [0.05, 0.1) is 18.6 Å². The fourth-order valence-electron chi connectivity index (χ4n) is 3.34. The molecule has 1 saturated carbocycles. The first kappa shape index (κ1) is 20.5. The number of methoxy groups -OCH3 is 1. The SMILES string of the molecule is COC(=O)c1ccc(/C=C/C(=O)c2ccc(OC(=O)C3CCCCC3)cc2)cc1. The summed E-state index contributed by atoms with van der Waals surface area (Å²) in [5.41, 5.74) is 1.75. The van der Waals surface area contributed by atoms with Crippen molar-refractivity contribution in [3.05, 3.63) is 71.3 Å². The maximum Gasteiger partial charge on any atom is 0.337 e. The number of carbonyl (C=O) groups excluding carboxylic acids is 3. The molecule has 1 fully saturated rings. The summed E-state index contributed by atoms with van der Waals surface area (Å²) in [6.45, 7) is 0. The van der Waals surface area contributed by atoms with Crippen molar-refractivity contribution >= 4 is 23.8 Å². The van der Waals surface area contributed by atoms with E-state index in [-0.39, 0.29) is 17.7 Å². The van der Waals surface area contributed by atoms with Crippen molar-refractivity contribution in [1.29, 1.82) is 0 Å². The number of esters is 2. The summed E-state index contributed by atoms with van der Waals surface area (Å²) in [6, 6.07) is 13.4. The third-order valence-electron chi connectivity index (χ3n) is 5.05. The quantitative estimate of drug-likeness (QED) is 0.304. The largest absolute Gasteiger partial charge is 0.465 e. The van der Waals surface area contributed by atoms with Crippen molar-refractivity contribution in [2.45, 2.75) is 32.1 Å². The number of benzene rings is 2. The molecule has 0 radical (unpaired) electrons. The van der Waals surface area contributed by atoms with Gasteiger partial charge in [0.15, 0.2) is 5.78 Å². The molecule has 150 valence electrons. The lowest BCUT2D eigenvalue weighted by Crippen LogP contribution is -2.22. The number of carbonyl (C=O) groups is 3. The molecule has 29 heavy (non-hydrogen) atoms. The maximum atomic E-state index is 12.4. The second kappa shape index (κ2) is 9.82. The van der Waals surface area contributed by atoms with Crippen LogP contribution in [0, 0.1) is 5.92 Å². The van der Waals surface area contributed by atoms with E-state index in [9.17, 15) is 14.4 Å². The molecule has 3 rings (SSSR count). The molecule has 0 unspecified atom stereocenters. The monoisotopic (exact) mass is 392 g/mol. The summed E-state index contributed by atoms with van der Waals surface area (Å²) in [5, 5.41) is 0. The predicted molar refractivity (Wildman–Crippen MR) is 110 cm³/mol. The molecule has 0 aliphatic heterocycles. The minimum Gasteiger partial charge on any atom is -0.465 e. The second-order valence-corrected chi connectivity index (χ2v) is 7.09. The van der Waals surface area contributed by atoms with Crippen LogP contribution in [-0.2, 0) is 9.53 Å². The zero-order valence-electron chi connectivity index (χ0n) is 16.4. The Kier molecular flexibility index (Phi) is 6.95. The molecule has 1 aliphatic rings. The maximum absolute atomic E-state index is 12.4. The fraction of sp³-hybridized carbons (Fsp3) is 0.292. The van der Waals surface area contributed by atoms with Crippen molar-refractivity contribution in [2.75, 3.05) is 7.11 Å². The minimum absolute atomic E-state index is 0.0152. The Labute approximate surface area is 170 Å². The van der Waals surface area contributed by atoms with E-state index in [2.05, 4.69) is 4.74 Å². The van der Waals surface area contributed by atoms with E-state index in [1.807, 2.05) is 0 Å². The highest BCUT2D eigenvalue weighted by atomic mass is 16.5. The van der Waals surface area contributed by atoms with Crippen LogP contribution in [-0.4, -0.2) is 24.8 Å². The van der Waals surface area contributed by atoms with Gasteiger partial charge in [0.25, 0.3) is 0 Å². The molecule has 0 spiro atoms. The first-order chi connectivity index (χ1) is 14.1. The molecule has 2 aromatic rings.